The van der Waals surface area contributed by atoms with Gasteiger partial charge < -0.3 is 15.2 Å². The zero-order valence-corrected chi connectivity index (χ0v) is 10.6. The molecule has 98 valence electrons. The van der Waals surface area contributed by atoms with Gasteiger partial charge in [0.2, 0.25) is 0 Å². The Morgan fingerprint density at radius 1 is 1.21 bits per heavy atom. The molecule has 1 saturated heterocycles. The molecule has 19 heavy (non-hydrogen) atoms. The minimum atomic E-state index is -0.340. The number of aldehydes is 1. The summed E-state index contributed by atoms with van der Waals surface area (Å²) in [6.07, 6.45) is 1.28. The number of benzene rings is 2. The van der Waals surface area contributed by atoms with E-state index in [1.807, 2.05) is 24.3 Å². The lowest BCUT2D eigenvalue weighted by atomic mass is 9.90. The van der Waals surface area contributed by atoms with Gasteiger partial charge in [0.25, 0.3) is 0 Å². The first kappa shape index (κ1) is 12.3. The van der Waals surface area contributed by atoms with E-state index in [9.17, 15) is 9.90 Å². The number of carbonyl (C=O) groups excluding carboxylic acids is 1. The summed E-state index contributed by atoms with van der Waals surface area (Å²) in [5, 5.41) is 15.1. The number of fused-ring (bicyclic) bond motifs is 1. The second kappa shape index (κ2) is 5.11. The van der Waals surface area contributed by atoms with Gasteiger partial charge in [0.1, 0.15) is 6.29 Å². The second-order valence-electron chi connectivity index (χ2n) is 5.17. The van der Waals surface area contributed by atoms with Crippen molar-refractivity contribution in [1.82, 2.24) is 5.32 Å². The van der Waals surface area contributed by atoms with Crippen molar-refractivity contribution < 1.29 is 9.90 Å². The van der Waals surface area contributed by atoms with Gasteiger partial charge in [-0.05, 0) is 22.8 Å². The fraction of sp³-hybridized carbons (Fsp3) is 0.312. The molecule has 0 aromatic heterocycles. The van der Waals surface area contributed by atoms with Crippen LogP contribution in [0.1, 0.15) is 17.9 Å². The van der Waals surface area contributed by atoms with Crippen LogP contribution in [0.2, 0.25) is 0 Å². The summed E-state index contributed by atoms with van der Waals surface area (Å²) < 4.78 is 0. The van der Waals surface area contributed by atoms with Gasteiger partial charge in [-0.1, -0.05) is 42.5 Å². The molecule has 0 spiro atoms. The molecule has 0 radical (unpaired) electrons. The molecule has 0 unspecified atom stereocenters. The molecule has 0 aliphatic carbocycles. The van der Waals surface area contributed by atoms with Crippen LogP contribution in [0.15, 0.2) is 42.5 Å². The average molecular weight is 255 g/mol. The molecule has 0 bridgehead atoms. The molecule has 1 heterocycles. The van der Waals surface area contributed by atoms with Crippen LogP contribution in [0, 0.1) is 0 Å². The van der Waals surface area contributed by atoms with Crippen LogP contribution in [0.4, 0.5) is 0 Å². The number of hydrogen-bond donors (Lipinski definition) is 2. The van der Waals surface area contributed by atoms with E-state index in [2.05, 4.69) is 23.5 Å². The van der Waals surface area contributed by atoms with Crippen molar-refractivity contribution in [3.05, 3.63) is 48.0 Å². The van der Waals surface area contributed by atoms with Gasteiger partial charge in [0, 0.05) is 12.6 Å². The lowest BCUT2D eigenvalue weighted by molar-refractivity contribution is -0.109. The van der Waals surface area contributed by atoms with E-state index in [-0.39, 0.29) is 18.1 Å². The van der Waals surface area contributed by atoms with E-state index in [1.165, 1.54) is 5.39 Å². The van der Waals surface area contributed by atoms with E-state index in [0.717, 1.165) is 17.2 Å². The van der Waals surface area contributed by atoms with Crippen LogP contribution < -0.4 is 5.32 Å². The molecule has 0 saturated carbocycles. The zero-order chi connectivity index (χ0) is 13.2. The highest BCUT2D eigenvalue weighted by molar-refractivity contribution is 5.84. The fourth-order valence-electron chi connectivity index (χ4n) is 2.84. The van der Waals surface area contributed by atoms with Crippen LogP contribution in [-0.2, 0) is 4.79 Å². The summed E-state index contributed by atoms with van der Waals surface area (Å²) in [6.45, 7) is 0.572. The molecule has 3 atom stereocenters. The van der Waals surface area contributed by atoms with Crippen LogP contribution in [0.3, 0.4) is 0 Å². The number of nitrogens with one attached hydrogen (secondary N) is 1. The Balaban J connectivity index is 1.94. The zero-order valence-electron chi connectivity index (χ0n) is 10.6. The summed E-state index contributed by atoms with van der Waals surface area (Å²) >= 11 is 0. The Morgan fingerprint density at radius 3 is 2.68 bits per heavy atom. The van der Waals surface area contributed by atoms with Crippen LogP contribution >= 0.6 is 0 Å². The number of β-amino-alcohol motifs (C(OH)–C–C–N with tert-alkyl or cyclic N) is 1. The standard InChI is InChI=1S/C16H17NO2/c18-10-15(16-8-14(19)9-17-16)13-6-5-11-3-1-2-4-12(11)7-13/h1-7,10,14-17,19H,8-9H2/t14-,15-,16+/m1/s1. The Morgan fingerprint density at radius 2 is 2.00 bits per heavy atom. The molecule has 1 fully saturated rings. The lowest BCUT2D eigenvalue weighted by Crippen LogP contribution is -2.29. The Bertz CT molecular complexity index is 596. The molecular formula is C16H17NO2. The molecule has 3 heteroatoms. The normalized spacial score (nSPS) is 24.5. The maximum atomic E-state index is 11.4. The smallest absolute Gasteiger partial charge is 0.129 e. The highest BCUT2D eigenvalue weighted by Crippen LogP contribution is 2.26. The van der Waals surface area contributed by atoms with Gasteiger partial charge in [0.15, 0.2) is 0 Å². The number of carbonyl (C=O) groups is 1. The SMILES string of the molecule is O=C[C@H](c1ccc2ccccc2c1)[C@@H]1C[C@@H](O)CN1. The summed E-state index contributed by atoms with van der Waals surface area (Å²) in [7, 11) is 0. The largest absolute Gasteiger partial charge is 0.392 e. The lowest BCUT2D eigenvalue weighted by Gasteiger charge is -2.19. The van der Waals surface area contributed by atoms with Gasteiger partial charge in [-0.3, -0.25) is 0 Å². The van der Waals surface area contributed by atoms with Crippen molar-refractivity contribution in [2.45, 2.75) is 24.5 Å². The maximum absolute atomic E-state index is 11.4. The van der Waals surface area contributed by atoms with Crippen molar-refractivity contribution >= 4 is 17.1 Å². The second-order valence-corrected chi connectivity index (χ2v) is 5.17. The monoisotopic (exact) mass is 255 g/mol. The highest BCUT2D eigenvalue weighted by Gasteiger charge is 2.30. The van der Waals surface area contributed by atoms with E-state index in [0.29, 0.717) is 13.0 Å². The van der Waals surface area contributed by atoms with Gasteiger partial charge in [-0.25, -0.2) is 0 Å². The molecule has 0 amide bonds. The van der Waals surface area contributed by atoms with Gasteiger partial charge >= 0.3 is 0 Å². The molecule has 3 nitrogen and oxygen atoms in total. The summed E-state index contributed by atoms with van der Waals surface area (Å²) in [6, 6.07) is 14.3. The van der Waals surface area contributed by atoms with Crippen molar-refractivity contribution in [2.24, 2.45) is 0 Å². The Kier molecular flexibility index (Phi) is 3.32. The Hall–Kier alpha value is -1.71. The molecule has 2 N–H and O–H groups in total. The van der Waals surface area contributed by atoms with Gasteiger partial charge in [-0.15, -0.1) is 0 Å². The minimum absolute atomic E-state index is 0.0358. The summed E-state index contributed by atoms with van der Waals surface area (Å²) in [4.78, 5) is 11.4. The van der Waals surface area contributed by atoms with Gasteiger partial charge in [0.05, 0.1) is 12.0 Å². The highest BCUT2D eigenvalue weighted by atomic mass is 16.3. The number of hydrogen-bond acceptors (Lipinski definition) is 3. The van der Waals surface area contributed by atoms with Crippen molar-refractivity contribution in [1.29, 1.82) is 0 Å². The molecule has 3 rings (SSSR count). The number of rotatable bonds is 3. The van der Waals surface area contributed by atoms with Gasteiger partial charge in [-0.2, -0.15) is 0 Å². The molecule has 1 aliphatic heterocycles. The third kappa shape index (κ3) is 2.39. The Labute approximate surface area is 112 Å². The van der Waals surface area contributed by atoms with Crippen LogP contribution in [0.25, 0.3) is 10.8 Å². The molecular weight excluding hydrogens is 238 g/mol. The molecule has 2 aromatic carbocycles. The van der Waals surface area contributed by atoms with E-state index in [4.69, 9.17) is 0 Å². The average Bonchev–Trinajstić information content (AvgIpc) is 2.86. The third-order valence-electron chi connectivity index (χ3n) is 3.88. The third-order valence-corrected chi connectivity index (χ3v) is 3.88. The molecule has 1 aliphatic rings. The predicted octanol–water partition coefficient (Wildman–Crippen LogP) is 1.85. The van der Waals surface area contributed by atoms with Crippen molar-refractivity contribution in [2.75, 3.05) is 6.54 Å². The maximum Gasteiger partial charge on any atom is 0.129 e. The van der Waals surface area contributed by atoms with Crippen molar-refractivity contribution in [3.8, 4) is 0 Å². The fourth-order valence-corrected chi connectivity index (χ4v) is 2.84. The predicted molar refractivity (Wildman–Crippen MR) is 75.2 cm³/mol. The number of aliphatic hydroxyl groups excluding tert-OH is 1. The van der Waals surface area contributed by atoms with Crippen molar-refractivity contribution in [3.63, 3.8) is 0 Å². The van der Waals surface area contributed by atoms with Crippen LogP contribution in [-0.4, -0.2) is 30.1 Å². The first-order valence-electron chi connectivity index (χ1n) is 6.63. The molecule has 2 aromatic rings. The number of aliphatic hydroxyl groups is 1. The first-order chi connectivity index (χ1) is 9.28. The topological polar surface area (TPSA) is 49.3 Å². The first-order valence-corrected chi connectivity index (χ1v) is 6.63. The van der Waals surface area contributed by atoms with Crippen LogP contribution in [0.5, 0.6) is 0 Å². The quantitative estimate of drug-likeness (QED) is 0.823. The summed E-state index contributed by atoms with van der Waals surface area (Å²) in [5.41, 5.74) is 1.01. The van der Waals surface area contributed by atoms with E-state index < -0.39 is 0 Å². The van der Waals surface area contributed by atoms with E-state index in [1.54, 1.807) is 0 Å². The van der Waals surface area contributed by atoms with E-state index >= 15 is 0 Å². The summed E-state index contributed by atoms with van der Waals surface area (Å²) in [5.74, 6) is -0.193. The minimum Gasteiger partial charge on any atom is -0.392 e.